The van der Waals surface area contributed by atoms with Gasteiger partial charge in [-0.1, -0.05) is 24.3 Å². The minimum Gasteiger partial charge on any atom is -0.469 e. The molecule has 0 unspecified atom stereocenters. The van der Waals surface area contributed by atoms with Gasteiger partial charge in [-0.25, -0.2) is 9.78 Å². The second-order valence-electron chi connectivity index (χ2n) is 6.99. The maximum Gasteiger partial charge on any atom is 0.332 e. The molecule has 3 aromatic rings. The maximum atomic E-state index is 13.0. The molecule has 0 amide bonds. The van der Waals surface area contributed by atoms with Crippen LogP contribution in [0.3, 0.4) is 0 Å². The van der Waals surface area contributed by atoms with Crippen LogP contribution in [0.5, 0.6) is 0 Å². The van der Waals surface area contributed by atoms with Gasteiger partial charge in [0.05, 0.1) is 7.11 Å². The van der Waals surface area contributed by atoms with Crippen molar-refractivity contribution in [2.24, 2.45) is 19.8 Å². The molecule has 158 valence electrons. The number of aryl methyl sites for hydroxylation is 2. The van der Waals surface area contributed by atoms with E-state index in [0.29, 0.717) is 29.9 Å². The van der Waals surface area contributed by atoms with Crippen molar-refractivity contribution in [2.75, 3.05) is 7.11 Å². The number of aromatic nitrogens is 4. The summed E-state index contributed by atoms with van der Waals surface area (Å²) in [5.74, 6) is 0.163. The summed E-state index contributed by atoms with van der Waals surface area (Å²) in [6.07, 6.45) is 1.23. The van der Waals surface area contributed by atoms with E-state index in [9.17, 15) is 14.4 Å². The van der Waals surface area contributed by atoms with Gasteiger partial charge in [-0.15, -0.1) is 0 Å². The molecule has 0 aliphatic rings. The van der Waals surface area contributed by atoms with E-state index in [1.54, 1.807) is 42.9 Å². The lowest BCUT2D eigenvalue weighted by atomic mass is 10.1. The van der Waals surface area contributed by atoms with Crippen LogP contribution in [-0.2, 0) is 30.2 Å². The molecular formula is C20H24N6O4. The molecule has 0 saturated heterocycles. The molecule has 2 aromatic heterocycles. The van der Waals surface area contributed by atoms with Gasteiger partial charge >= 0.3 is 11.7 Å². The molecule has 0 radical (unpaired) electrons. The molecule has 0 fully saturated rings. The lowest BCUT2D eigenvalue weighted by Gasteiger charge is -2.09. The number of ether oxygens (including phenoxy) is 1. The Kier molecular flexibility index (Phi) is 5.86. The van der Waals surface area contributed by atoms with Crippen LogP contribution in [-0.4, -0.2) is 37.6 Å². The quantitative estimate of drug-likeness (QED) is 0.254. The number of nitrogens with two attached hydrogens (primary N) is 1. The predicted octanol–water partition coefficient (Wildman–Crippen LogP) is 0.728. The summed E-state index contributed by atoms with van der Waals surface area (Å²) in [5.41, 5.74) is 6.52. The number of carbonyl (C=O) groups excluding carboxylic acids is 1. The molecule has 10 nitrogen and oxygen atoms in total. The number of rotatable bonds is 7. The average molecular weight is 412 g/mol. The number of benzene rings is 1. The van der Waals surface area contributed by atoms with Crippen LogP contribution in [0.2, 0.25) is 0 Å². The van der Waals surface area contributed by atoms with E-state index < -0.39 is 11.2 Å². The molecule has 0 aliphatic carbocycles. The largest absolute Gasteiger partial charge is 0.469 e. The molecule has 10 heteroatoms. The van der Waals surface area contributed by atoms with Gasteiger partial charge in [0.15, 0.2) is 5.52 Å². The van der Waals surface area contributed by atoms with Crippen molar-refractivity contribution in [3.8, 4) is 11.4 Å². The number of nitrogens with one attached hydrogen (secondary N) is 1. The lowest BCUT2D eigenvalue weighted by molar-refractivity contribution is -0.140. The van der Waals surface area contributed by atoms with Gasteiger partial charge in [-0.2, -0.15) is 0 Å². The Morgan fingerprint density at radius 2 is 1.80 bits per heavy atom. The second-order valence-corrected chi connectivity index (χ2v) is 6.99. The van der Waals surface area contributed by atoms with Gasteiger partial charge in [0.25, 0.3) is 5.56 Å². The first-order valence-electron chi connectivity index (χ1n) is 9.44. The first-order chi connectivity index (χ1) is 14.3. The third-order valence-electron chi connectivity index (χ3n) is 5.04. The normalized spacial score (nSPS) is 11.0. The fourth-order valence-electron chi connectivity index (χ4n) is 3.40. The summed E-state index contributed by atoms with van der Waals surface area (Å²) in [4.78, 5) is 41.5. The highest BCUT2D eigenvalue weighted by Gasteiger charge is 2.19. The van der Waals surface area contributed by atoms with E-state index >= 15 is 0 Å². The maximum absolute atomic E-state index is 13.0. The van der Waals surface area contributed by atoms with Gasteiger partial charge in [0.1, 0.15) is 17.3 Å². The molecule has 3 N–H and O–H groups in total. The van der Waals surface area contributed by atoms with Crippen LogP contribution >= 0.6 is 0 Å². The number of nitrogens with zero attached hydrogens (tertiary/aromatic N) is 4. The standard InChI is InChI=1S/C20H24N6O4/c1-24-17(13-9-7-12(8-10-13)16(21)22)23-15-18(24)25(2)20(29)26(19(15)28)11-5-4-6-14(27)30-3/h7-10H,4-6,11H2,1-3H3,(H3,21,22). The number of imidazole rings is 1. The number of hydrogen-bond donors (Lipinski definition) is 2. The number of amidine groups is 1. The summed E-state index contributed by atoms with van der Waals surface area (Å²) >= 11 is 0. The minimum atomic E-state index is -0.464. The van der Waals surface area contributed by atoms with E-state index in [1.165, 1.54) is 11.7 Å². The average Bonchev–Trinajstić information content (AvgIpc) is 3.08. The Bertz CT molecular complexity index is 1230. The highest BCUT2D eigenvalue weighted by atomic mass is 16.5. The summed E-state index contributed by atoms with van der Waals surface area (Å²) < 4.78 is 8.85. The molecule has 0 atom stereocenters. The second kappa shape index (κ2) is 8.36. The zero-order chi connectivity index (χ0) is 22.0. The topological polar surface area (TPSA) is 138 Å². The number of hydrogen-bond acceptors (Lipinski definition) is 6. The van der Waals surface area contributed by atoms with Gasteiger partial charge in [-0.05, 0) is 12.8 Å². The van der Waals surface area contributed by atoms with Crippen molar-refractivity contribution < 1.29 is 9.53 Å². The fourth-order valence-corrected chi connectivity index (χ4v) is 3.40. The van der Waals surface area contributed by atoms with Crippen molar-refractivity contribution in [3.05, 3.63) is 50.7 Å². The minimum absolute atomic E-state index is 0.0379. The zero-order valence-corrected chi connectivity index (χ0v) is 17.1. The van der Waals surface area contributed by atoms with Crippen molar-refractivity contribution in [3.63, 3.8) is 0 Å². The van der Waals surface area contributed by atoms with Crippen LogP contribution in [0.25, 0.3) is 22.6 Å². The number of fused-ring (bicyclic) bond motifs is 1. The Labute approximate surface area is 172 Å². The first kappa shape index (κ1) is 21.0. The summed E-state index contributed by atoms with van der Waals surface area (Å²) in [5, 5.41) is 7.50. The molecular weight excluding hydrogens is 388 g/mol. The SMILES string of the molecule is COC(=O)CCCCn1c(=O)c2nc(-c3ccc(C(=N)N)cc3)n(C)c2n(C)c1=O. The van der Waals surface area contributed by atoms with E-state index in [2.05, 4.69) is 9.72 Å². The molecule has 0 aliphatic heterocycles. The Hall–Kier alpha value is -3.69. The number of methoxy groups -OCH3 is 1. The van der Waals surface area contributed by atoms with Crippen LogP contribution in [0.1, 0.15) is 24.8 Å². The summed E-state index contributed by atoms with van der Waals surface area (Å²) in [6.45, 7) is 0.192. The molecule has 0 spiro atoms. The lowest BCUT2D eigenvalue weighted by Crippen LogP contribution is -2.39. The van der Waals surface area contributed by atoms with Crippen LogP contribution < -0.4 is 17.0 Å². The van der Waals surface area contributed by atoms with Gasteiger partial charge in [0, 0.05) is 38.2 Å². The Morgan fingerprint density at radius 3 is 2.40 bits per heavy atom. The third-order valence-corrected chi connectivity index (χ3v) is 5.04. The molecule has 0 bridgehead atoms. The molecule has 1 aromatic carbocycles. The predicted molar refractivity (Wildman–Crippen MR) is 113 cm³/mol. The molecule has 0 saturated carbocycles. The van der Waals surface area contributed by atoms with Crippen LogP contribution in [0.4, 0.5) is 0 Å². The highest BCUT2D eigenvalue weighted by Crippen LogP contribution is 2.21. The van der Waals surface area contributed by atoms with E-state index in [-0.39, 0.29) is 30.3 Å². The summed E-state index contributed by atoms with van der Waals surface area (Å²) in [6, 6.07) is 6.94. The third kappa shape index (κ3) is 3.76. The summed E-state index contributed by atoms with van der Waals surface area (Å²) in [7, 11) is 4.66. The molecule has 3 rings (SSSR count). The van der Waals surface area contributed by atoms with E-state index in [0.717, 1.165) is 10.1 Å². The Balaban J connectivity index is 2.01. The van der Waals surface area contributed by atoms with Gasteiger partial charge < -0.3 is 15.0 Å². The van der Waals surface area contributed by atoms with Gasteiger partial charge in [-0.3, -0.25) is 24.1 Å². The number of carbonyl (C=O) groups is 1. The number of unbranched alkanes of at least 4 members (excludes halogenated alkanes) is 1. The van der Waals surface area contributed by atoms with E-state index in [1.807, 2.05) is 0 Å². The van der Waals surface area contributed by atoms with Crippen molar-refractivity contribution in [2.45, 2.75) is 25.8 Å². The number of nitrogen functional groups attached to an aromatic ring is 1. The van der Waals surface area contributed by atoms with Crippen molar-refractivity contribution in [1.82, 2.24) is 18.7 Å². The van der Waals surface area contributed by atoms with Crippen LogP contribution in [0.15, 0.2) is 33.9 Å². The number of esters is 1. The van der Waals surface area contributed by atoms with Crippen molar-refractivity contribution >= 4 is 23.0 Å². The smallest absolute Gasteiger partial charge is 0.332 e. The fraction of sp³-hybridized carbons (Fsp3) is 0.350. The van der Waals surface area contributed by atoms with Crippen molar-refractivity contribution in [1.29, 1.82) is 5.41 Å². The highest BCUT2D eigenvalue weighted by molar-refractivity contribution is 5.95. The zero-order valence-electron chi connectivity index (χ0n) is 17.1. The monoisotopic (exact) mass is 412 g/mol. The molecule has 2 heterocycles. The Morgan fingerprint density at radius 1 is 1.13 bits per heavy atom. The van der Waals surface area contributed by atoms with E-state index in [4.69, 9.17) is 11.1 Å². The molecule has 30 heavy (non-hydrogen) atoms. The van der Waals surface area contributed by atoms with Crippen LogP contribution in [0, 0.1) is 5.41 Å². The first-order valence-corrected chi connectivity index (χ1v) is 9.44. The van der Waals surface area contributed by atoms with Gasteiger partial charge in [0.2, 0.25) is 0 Å².